The number of halogens is 2. The van der Waals surface area contributed by atoms with Crippen molar-refractivity contribution in [1.29, 1.82) is 0 Å². The van der Waals surface area contributed by atoms with Crippen molar-refractivity contribution in [2.24, 2.45) is 0 Å². The summed E-state index contributed by atoms with van der Waals surface area (Å²) >= 11 is 12.1. The van der Waals surface area contributed by atoms with E-state index in [1.165, 1.54) is 12.0 Å². The van der Waals surface area contributed by atoms with Crippen LogP contribution in [-0.4, -0.2) is 48.7 Å². The van der Waals surface area contributed by atoms with Gasteiger partial charge in [0.1, 0.15) is 5.70 Å². The predicted octanol–water partition coefficient (Wildman–Crippen LogP) is 3.33. The normalized spacial score (nSPS) is 13.9. The third-order valence-electron chi connectivity index (χ3n) is 4.30. The summed E-state index contributed by atoms with van der Waals surface area (Å²) in [5, 5.41) is 13.2. The van der Waals surface area contributed by atoms with Gasteiger partial charge in [-0.1, -0.05) is 35.3 Å². The van der Waals surface area contributed by atoms with Crippen molar-refractivity contribution in [1.82, 2.24) is 4.90 Å². The van der Waals surface area contributed by atoms with Crippen LogP contribution in [-0.2, 0) is 14.3 Å². The van der Waals surface area contributed by atoms with Crippen LogP contribution in [0.15, 0.2) is 53.7 Å². The summed E-state index contributed by atoms with van der Waals surface area (Å²) in [6.45, 7) is 0.0385. The molecule has 3 rings (SSSR count). The van der Waals surface area contributed by atoms with Crippen LogP contribution in [0.5, 0.6) is 0 Å². The van der Waals surface area contributed by atoms with E-state index in [2.05, 4.69) is 5.32 Å². The van der Waals surface area contributed by atoms with Gasteiger partial charge < -0.3 is 20.1 Å². The number of anilines is 1. The van der Waals surface area contributed by atoms with E-state index in [-0.39, 0.29) is 36.9 Å². The lowest BCUT2D eigenvalue weighted by Gasteiger charge is -2.15. The quantitative estimate of drug-likeness (QED) is 0.700. The highest BCUT2D eigenvalue weighted by Crippen LogP contribution is 2.29. The van der Waals surface area contributed by atoms with Crippen LogP contribution in [0.3, 0.4) is 0 Å². The molecule has 1 aliphatic rings. The Balaban J connectivity index is 1.85. The predicted molar refractivity (Wildman–Crippen MR) is 108 cm³/mol. The molecule has 28 heavy (non-hydrogen) atoms. The van der Waals surface area contributed by atoms with Gasteiger partial charge in [-0.2, -0.15) is 0 Å². The lowest BCUT2D eigenvalue weighted by Crippen LogP contribution is -2.31. The van der Waals surface area contributed by atoms with Crippen molar-refractivity contribution in [3.8, 4) is 11.1 Å². The number of hydrogen-bond acceptors (Lipinski definition) is 5. The number of β-amino-alcohol motifs (C(OH)–C–C–N with tert-alkyl or cyclic N) is 1. The minimum Gasteiger partial charge on any atom is -0.466 e. The van der Waals surface area contributed by atoms with Gasteiger partial charge in [0, 0.05) is 22.3 Å². The summed E-state index contributed by atoms with van der Waals surface area (Å²) in [4.78, 5) is 26.0. The average Bonchev–Trinajstić information content (AvgIpc) is 2.97. The maximum absolute atomic E-state index is 12.6. The first-order valence-electron chi connectivity index (χ1n) is 8.48. The zero-order valence-corrected chi connectivity index (χ0v) is 16.5. The maximum Gasteiger partial charge on any atom is 0.337 e. The number of nitrogens with one attached hydrogen (secondary N) is 1. The molecule has 8 heteroatoms. The second-order valence-corrected chi connectivity index (χ2v) is 7.03. The maximum atomic E-state index is 12.6. The van der Waals surface area contributed by atoms with E-state index in [4.69, 9.17) is 33.0 Å². The number of methoxy groups -OCH3 is 1. The molecule has 2 aromatic carbocycles. The fraction of sp³-hybridized carbons (Fsp3) is 0.200. The molecule has 0 aromatic heterocycles. The number of carbonyl (C=O) groups excluding carboxylic acids is 2. The minimum absolute atomic E-state index is 0.0908. The van der Waals surface area contributed by atoms with Gasteiger partial charge in [0.2, 0.25) is 0 Å². The van der Waals surface area contributed by atoms with Crippen LogP contribution in [0, 0.1) is 0 Å². The molecular weight excluding hydrogens is 403 g/mol. The second kappa shape index (κ2) is 8.65. The summed E-state index contributed by atoms with van der Waals surface area (Å²) in [5.74, 6) is -0.943. The molecule has 6 nitrogen and oxygen atoms in total. The van der Waals surface area contributed by atoms with Gasteiger partial charge in [-0.15, -0.1) is 0 Å². The molecule has 0 atom stereocenters. The molecule has 2 N–H and O–H groups in total. The van der Waals surface area contributed by atoms with E-state index in [9.17, 15) is 9.59 Å². The Bertz CT molecular complexity index is 921. The zero-order valence-electron chi connectivity index (χ0n) is 15.0. The standard InChI is InChI=1S/C20H18Cl2N2O4/c1-28-20(27)17-11-24(6-7-25)19(26)18(17)23-16-4-2-12(3-5-16)13-8-14(21)10-15(22)9-13/h2-5,8-10,23,25H,6-7,11H2,1H3. The first-order chi connectivity index (χ1) is 13.4. The van der Waals surface area contributed by atoms with Gasteiger partial charge in [0.05, 0.1) is 25.8 Å². The number of amides is 1. The number of hydrogen-bond donors (Lipinski definition) is 2. The second-order valence-electron chi connectivity index (χ2n) is 6.16. The summed E-state index contributed by atoms with van der Waals surface area (Å²) in [5.41, 5.74) is 2.78. The van der Waals surface area contributed by atoms with E-state index in [1.807, 2.05) is 12.1 Å². The highest BCUT2D eigenvalue weighted by molar-refractivity contribution is 6.35. The van der Waals surface area contributed by atoms with Crippen LogP contribution in [0.1, 0.15) is 0 Å². The van der Waals surface area contributed by atoms with Crippen LogP contribution in [0.2, 0.25) is 10.0 Å². The highest BCUT2D eigenvalue weighted by Gasteiger charge is 2.34. The Hall–Kier alpha value is -2.54. The number of esters is 1. The fourth-order valence-electron chi connectivity index (χ4n) is 2.96. The molecule has 2 aromatic rings. The van der Waals surface area contributed by atoms with Crippen LogP contribution in [0.25, 0.3) is 11.1 Å². The van der Waals surface area contributed by atoms with Gasteiger partial charge in [-0.25, -0.2) is 4.79 Å². The largest absolute Gasteiger partial charge is 0.466 e. The third kappa shape index (κ3) is 4.30. The van der Waals surface area contributed by atoms with E-state index < -0.39 is 5.97 Å². The van der Waals surface area contributed by atoms with E-state index in [0.29, 0.717) is 15.7 Å². The van der Waals surface area contributed by atoms with Crippen molar-refractivity contribution < 1.29 is 19.4 Å². The highest BCUT2D eigenvalue weighted by atomic mass is 35.5. The molecule has 0 unspecified atom stereocenters. The van der Waals surface area contributed by atoms with Gasteiger partial charge in [-0.3, -0.25) is 4.79 Å². The summed E-state index contributed by atoms with van der Waals surface area (Å²) < 4.78 is 4.77. The molecule has 1 amide bonds. The van der Waals surface area contributed by atoms with Crippen LogP contribution >= 0.6 is 23.2 Å². The topological polar surface area (TPSA) is 78.9 Å². The molecular formula is C20H18Cl2N2O4. The van der Waals surface area contributed by atoms with Gasteiger partial charge in [-0.05, 0) is 41.5 Å². The molecule has 0 aliphatic carbocycles. The number of benzene rings is 2. The van der Waals surface area contributed by atoms with E-state index >= 15 is 0 Å². The van der Waals surface area contributed by atoms with Crippen molar-refractivity contribution in [3.63, 3.8) is 0 Å². The van der Waals surface area contributed by atoms with Crippen molar-refractivity contribution >= 4 is 40.8 Å². The molecule has 0 spiro atoms. The van der Waals surface area contributed by atoms with Gasteiger partial charge >= 0.3 is 5.97 Å². The van der Waals surface area contributed by atoms with Crippen LogP contribution in [0.4, 0.5) is 5.69 Å². The fourth-order valence-corrected chi connectivity index (χ4v) is 3.49. The number of ether oxygens (including phenoxy) is 1. The lowest BCUT2D eigenvalue weighted by atomic mass is 10.1. The van der Waals surface area contributed by atoms with E-state index in [0.717, 1.165) is 11.1 Å². The molecule has 0 bridgehead atoms. The van der Waals surface area contributed by atoms with Gasteiger partial charge in [0.15, 0.2) is 0 Å². The molecule has 0 saturated heterocycles. The molecule has 0 saturated carbocycles. The van der Waals surface area contributed by atoms with Crippen LogP contribution < -0.4 is 5.32 Å². The minimum atomic E-state index is -0.582. The average molecular weight is 421 g/mol. The third-order valence-corrected chi connectivity index (χ3v) is 4.74. The Labute approximate surface area is 172 Å². The Morgan fingerprint density at radius 3 is 2.36 bits per heavy atom. The number of rotatable bonds is 6. The molecule has 1 aliphatic heterocycles. The summed E-state index contributed by atoms with van der Waals surface area (Å²) in [6.07, 6.45) is 0. The molecule has 146 valence electrons. The molecule has 0 fully saturated rings. The lowest BCUT2D eigenvalue weighted by molar-refractivity contribution is -0.136. The number of aliphatic hydroxyl groups is 1. The summed E-state index contributed by atoms with van der Waals surface area (Å²) in [7, 11) is 1.26. The SMILES string of the molecule is COC(=O)C1=C(Nc2ccc(-c3cc(Cl)cc(Cl)c3)cc2)C(=O)N(CCO)C1. The van der Waals surface area contributed by atoms with E-state index in [1.54, 1.807) is 30.3 Å². The molecule has 0 radical (unpaired) electrons. The smallest absolute Gasteiger partial charge is 0.337 e. The molecule has 1 heterocycles. The zero-order chi connectivity index (χ0) is 20.3. The van der Waals surface area contributed by atoms with Crippen molar-refractivity contribution in [3.05, 3.63) is 63.8 Å². The van der Waals surface area contributed by atoms with Crippen molar-refractivity contribution in [2.45, 2.75) is 0 Å². The Morgan fingerprint density at radius 2 is 1.79 bits per heavy atom. The number of aliphatic hydroxyl groups excluding tert-OH is 1. The van der Waals surface area contributed by atoms with Crippen molar-refractivity contribution in [2.75, 3.05) is 32.1 Å². The first kappa shape index (κ1) is 20.2. The van der Waals surface area contributed by atoms with Gasteiger partial charge in [0.25, 0.3) is 5.91 Å². The Morgan fingerprint density at radius 1 is 1.14 bits per heavy atom. The monoisotopic (exact) mass is 420 g/mol. The number of nitrogens with zero attached hydrogens (tertiary/aromatic N) is 1. The number of carbonyl (C=O) groups is 2. The Kier molecular flexibility index (Phi) is 6.24. The summed E-state index contributed by atoms with van der Waals surface area (Å²) in [6, 6.07) is 12.6. The first-order valence-corrected chi connectivity index (χ1v) is 9.23.